The average Bonchev–Trinajstić information content (AvgIpc) is 3.08. The fourth-order valence-electron chi connectivity index (χ4n) is 2.86. The largest absolute Gasteiger partial charge is 0.308 e. The number of rotatable bonds is 1. The van der Waals surface area contributed by atoms with Crippen molar-refractivity contribution in [3.05, 3.63) is 59.4 Å². The molecule has 1 aliphatic heterocycles. The molecule has 0 unspecified atom stereocenters. The SMILES string of the molecule is Cc1ccc(C(=O)N2CCn3c2nc2ccccc23)cc1F. The van der Waals surface area contributed by atoms with E-state index in [-0.39, 0.29) is 11.7 Å². The van der Waals surface area contributed by atoms with Crippen LogP contribution in [0.25, 0.3) is 11.0 Å². The van der Waals surface area contributed by atoms with Gasteiger partial charge >= 0.3 is 0 Å². The van der Waals surface area contributed by atoms with Gasteiger partial charge in [-0.2, -0.15) is 0 Å². The third kappa shape index (κ3) is 1.82. The molecular weight excluding hydrogens is 281 g/mol. The molecule has 0 saturated heterocycles. The van der Waals surface area contributed by atoms with Crippen LogP contribution in [0.3, 0.4) is 0 Å². The van der Waals surface area contributed by atoms with Gasteiger partial charge in [-0.25, -0.2) is 9.37 Å². The smallest absolute Gasteiger partial charge is 0.260 e. The van der Waals surface area contributed by atoms with E-state index in [1.54, 1.807) is 24.0 Å². The normalized spacial score (nSPS) is 13.6. The number of aryl methyl sites for hydroxylation is 1. The molecule has 0 radical (unpaired) electrons. The summed E-state index contributed by atoms with van der Waals surface area (Å²) in [4.78, 5) is 18.8. The average molecular weight is 295 g/mol. The van der Waals surface area contributed by atoms with Gasteiger partial charge in [-0.05, 0) is 36.8 Å². The number of benzene rings is 2. The number of fused-ring (bicyclic) bond motifs is 3. The zero-order valence-electron chi connectivity index (χ0n) is 12.1. The summed E-state index contributed by atoms with van der Waals surface area (Å²) in [6.45, 7) is 2.94. The molecular formula is C17H14FN3O. The van der Waals surface area contributed by atoms with Gasteiger partial charge in [0, 0.05) is 18.7 Å². The Morgan fingerprint density at radius 1 is 1.18 bits per heavy atom. The quantitative estimate of drug-likeness (QED) is 0.691. The summed E-state index contributed by atoms with van der Waals surface area (Å²) in [5.41, 5.74) is 2.77. The predicted molar refractivity (Wildman–Crippen MR) is 82.5 cm³/mol. The van der Waals surface area contributed by atoms with Gasteiger partial charge in [0.25, 0.3) is 5.91 Å². The van der Waals surface area contributed by atoms with E-state index >= 15 is 0 Å². The second-order valence-electron chi connectivity index (χ2n) is 5.47. The number of hydrogen-bond acceptors (Lipinski definition) is 2. The fourth-order valence-corrected chi connectivity index (χ4v) is 2.86. The Morgan fingerprint density at radius 2 is 2.00 bits per heavy atom. The summed E-state index contributed by atoms with van der Waals surface area (Å²) in [5, 5.41) is 0. The number of imidazole rings is 1. The molecule has 1 amide bonds. The molecule has 0 aliphatic carbocycles. The molecule has 1 aliphatic rings. The van der Waals surface area contributed by atoms with E-state index in [2.05, 4.69) is 4.98 Å². The molecule has 1 aromatic heterocycles. The summed E-state index contributed by atoms with van der Waals surface area (Å²) in [5.74, 6) is 0.0543. The van der Waals surface area contributed by atoms with Crippen molar-refractivity contribution in [1.82, 2.24) is 9.55 Å². The fraction of sp³-hybridized carbons (Fsp3) is 0.176. The summed E-state index contributed by atoms with van der Waals surface area (Å²) >= 11 is 0. The summed E-state index contributed by atoms with van der Waals surface area (Å²) in [7, 11) is 0. The first-order valence-electron chi connectivity index (χ1n) is 7.18. The maximum atomic E-state index is 13.7. The Kier molecular flexibility index (Phi) is 2.76. The van der Waals surface area contributed by atoms with Gasteiger partial charge in [0.15, 0.2) is 0 Å². The van der Waals surface area contributed by atoms with Gasteiger partial charge in [0.2, 0.25) is 5.95 Å². The van der Waals surface area contributed by atoms with E-state index in [4.69, 9.17) is 0 Å². The molecule has 0 spiro atoms. The lowest BCUT2D eigenvalue weighted by molar-refractivity contribution is 0.0988. The van der Waals surface area contributed by atoms with E-state index in [9.17, 15) is 9.18 Å². The molecule has 0 fully saturated rings. The van der Waals surface area contributed by atoms with Gasteiger partial charge in [0.1, 0.15) is 5.82 Å². The number of hydrogen-bond donors (Lipinski definition) is 0. The Balaban J connectivity index is 1.76. The highest BCUT2D eigenvalue weighted by Crippen LogP contribution is 2.28. The van der Waals surface area contributed by atoms with Crippen LogP contribution in [0, 0.1) is 12.7 Å². The maximum Gasteiger partial charge on any atom is 0.260 e. The minimum Gasteiger partial charge on any atom is -0.308 e. The number of carbonyl (C=O) groups excluding carboxylic acids is 1. The van der Waals surface area contributed by atoms with E-state index in [0.717, 1.165) is 11.0 Å². The molecule has 2 aromatic carbocycles. The summed E-state index contributed by atoms with van der Waals surface area (Å²) in [6.07, 6.45) is 0. The molecule has 22 heavy (non-hydrogen) atoms. The first-order valence-corrected chi connectivity index (χ1v) is 7.18. The van der Waals surface area contributed by atoms with Crippen molar-refractivity contribution in [1.29, 1.82) is 0 Å². The summed E-state index contributed by atoms with van der Waals surface area (Å²) in [6, 6.07) is 12.4. The van der Waals surface area contributed by atoms with Gasteiger partial charge in [-0.1, -0.05) is 18.2 Å². The van der Waals surface area contributed by atoms with Crippen LogP contribution < -0.4 is 4.90 Å². The van der Waals surface area contributed by atoms with Crippen molar-refractivity contribution < 1.29 is 9.18 Å². The third-order valence-electron chi connectivity index (χ3n) is 4.09. The van der Waals surface area contributed by atoms with Crippen molar-refractivity contribution in [2.75, 3.05) is 11.4 Å². The Labute approximate surface area is 126 Å². The van der Waals surface area contributed by atoms with E-state index in [1.807, 2.05) is 28.8 Å². The maximum absolute atomic E-state index is 13.7. The van der Waals surface area contributed by atoms with Crippen molar-refractivity contribution in [3.63, 3.8) is 0 Å². The number of amides is 1. The van der Waals surface area contributed by atoms with Crippen LogP contribution in [0.15, 0.2) is 42.5 Å². The Morgan fingerprint density at radius 3 is 2.82 bits per heavy atom. The Hall–Kier alpha value is -2.69. The first kappa shape index (κ1) is 13.0. The minimum absolute atomic E-state index is 0.215. The number of para-hydroxylation sites is 2. The molecule has 4 nitrogen and oxygen atoms in total. The molecule has 0 N–H and O–H groups in total. The van der Waals surface area contributed by atoms with E-state index in [1.165, 1.54) is 6.07 Å². The van der Waals surface area contributed by atoms with E-state index < -0.39 is 0 Å². The number of nitrogens with zero attached hydrogens (tertiary/aromatic N) is 3. The van der Waals surface area contributed by atoms with Crippen LogP contribution in [-0.4, -0.2) is 22.0 Å². The molecule has 5 heteroatoms. The zero-order chi connectivity index (χ0) is 15.3. The van der Waals surface area contributed by atoms with Crippen molar-refractivity contribution in [2.45, 2.75) is 13.5 Å². The predicted octanol–water partition coefficient (Wildman–Crippen LogP) is 3.14. The lowest BCUT2D eigenvalue weighted by Crippen LogP contribution is -2.29. The highest BCUT2D eigenvalue weighted by Gasteiger charge is 2.29. The molecule has 4 rings (SSSR count). The molecule has 0 bridgehead atoms. The second-order valence-corrected chi connectivity index (χ2v) is 5.47. The molecule has 0 saturated carbocycles. The highest BCUT2D eigenvalue weighted by molar-refractivity contribution is 6.06. The monoisotopic (exact) mass is 295 g/mol. The molecule has 0 atom stereocenters. The number of anilines is 1. The van der Waals surface area contributed by atoms with Crippen LogP contribution in [0.4, 0.5) is 10.3 Å². The van der Waals surface area contributed by atoms with Crippen LogP contribution >= 0.6 is 0 Å². The number of carbonyl (C=O) groups is 1. The van der Waals surface area contributed by atoms with Crippen LogP contribution in [0.2, 0.25) is 0 Å². The first-order chi connectivity index (χ1) is 10.6. The lowest BCUT2D eigenvalue weighted by Gasteiger charge is -2.14. The minimum atomic E-state index is -0.362. The highest BCUT2D eigenvalue weighted by atomic mass is 19.1. The lowest BCUT2D eigenvalue weighted by atomic mass is 10.1. The van der Waals surface area contributed by atoms with Gasteiger partial charge < -0.3 is 4.57 Å². The van der Waals surface area contributed by atoms with Crippen LogP contribution in [0.1, 0.15) is 15.9 Å². The Bertz CT molecular complexity index is 900. The van der Waals surface area contributed by atoms with Gasteiger partial charge in [-0.3, -0.25) is 9.69 Å². The van der Waals surface area contributed by atoms with Crippen LogP contribution in [0.5, 0.6) is 0 Å². The third-order valence-corrected chi connectivity index (χ3v) is 4.09. The molecule has 110 valence electrons. The topological polar surface area (TPSA) is 38.1 Å². The van der Waals surface area contributed by atoms with Gasteiger partial charge in [-0.15, -0.1) is 0 Å². The summed E-state index contributed by atoms with van der Waals surface area (Å²) < 4.78 is 15.7. The van der Waals surface area contributed by atoms with Crippen LogP contribution in [-0.2, 0) is 6.54 Å². The standard InChI is InChI=1S/C17H14FN3O/c1-11-6-7-12(10-13(11)18)16(22)21-9-8-20-15-5-3-2-4-14(15)19-17(20)21/h2-7,10H,8-9H2,1H3. The van der Waals surface area contributed by atoms with E-state index in [0.29, 0.717) is 30.2 Å². The number of aromatic nitrogens is 2. The van der Waals surface area contributed by atoms with Gasteiger partial charge in [0.05, 0.1) is 11.0 Å². The van der Waals surface area contributed by atoms with Crippen molar-refractivity contribution in [3.8, 4) is 0 Å². The molecule has 3 aromatic rings. The number of halogens is 1. The van der Waals surface area contributed by atoms with Crippen molar-refractivity contribution in [2.24, 2.45) is 0 Å². The second kappa shape index (κ2) is 4.66. The zero-order valence-corrected chi connectivity index (χ0v) is 12.1. The van der Waals surface area contributed by atoms with Crippen molar-refractivity contribution >= 4 is 22.9 Å². The molecule has 2 heterocycles.